The number of hydrazine groups is 1. The fourth-order valence-corrected chi connectivity index (χ4v) is 1.47. The number of hydrogen-bond donors (Lipinski definition) is 3. The van der Waals surface area contributed by atoms with Gasteiger partial charge in [-0.05, 0) is 20.3 Å². The SMILES string of the molecule is CCC(C)Nc1nc(C(C)(C)C)nc(NN)c1C. The van der Waals surface area contributed by atoms with Crippen molar-refractivity contribution in [2.75, 3.05) is 10.7 Å². The Labute approximate surface area is 110 Å². The van der Waals surface area contributed by atoms with E-state index in [1.165, 1.54) is 0 Å². The molecule has 102 valence electrons. The van der Waals surface area contributed by atoms with Crippen LogP contribution in [0.2, 0.25) is 0 Å². The molecular weight excluding hydrogens is 226 g/mol. The van der Waals surface area contributed by atoms with E-state index < -0.39 is 0 Å². The summed E-state index contributed by atoms with van der Waals surface area (Å²) in [4.78, 5) is 9.09. The Kier molecular flexibility index (Phi) is 4.51. The first-order chi connectivity index (χ1) is 8.29. The average Bonchev–Trinajstić information content (AvgIpc) is 2.30. The van der Waals surface area contributed by atoms with Gasteiger partial charge >= 0.3 is 0 Å². The van der Waals surface area contributed by atoms with E-state index in [2.05, 4.69) is 55.3 Å². The second kappa shape index (κ2) is 5.52. The minimum atomic E-state index is -0.106. The molecule has 4 N–H and O–H groups in total. The topological polar surface area (TPSA) is 75.9 Å². The number of nitrogens with one attached hydrogen (secondary N) is 2. The number of nitrogens with zero attached hydrogens (tertiary/aromatic N) is 2. The summed E-state index contributed by atoms with van der Waals surface area (Å²) in [5.74, 6) is 7.85. The van der Waals surface area contributed by atoms with Crippen LogP contribution in [0.25, 0.3) is 0 Å². The highest BCUT2D eigenvalue weighted by molar-refractivity contribution is 5.57. The van der Waals surface area contributed by atoms with E-state index in [0.29, 0.717) is 11.9 Å². The van der Waals surface area contributed by atoms with Crippen molar-refractivity contribution in [1.29, 1.82) is 0 Å². The van der Waals surface area contributed by atoms with Crippen molar-refractivity contribution >= 4 is 11.6 Å². The smallest absolute Gasteiger partial charge is 0.148 e. The van der Waals surface area contributed by atoms with Gasteiger partial charge < -0.3 is 10.7 Å². The van der Waals surface area contributed by atoms with E-state index in [1.807, 2.05) is 6.92 Å². The van der Waals surface area contributed by atoms with Crippen molar-refractivity contribution in [1.82, 2.24) is 9.97 Å². The lowest BCUT2D eigenvalue weighted by Crippen LogP contribution is -2.23. The highest BCUT2D eigenvalue weighted by atomic mass is 15.3. The van der Waals surface area contributed by atoms with Crippen molar-refractivity contribution in [3.63, 3.8) is 0 Å². The summed E-state index contributed by atoms with van der Waals surface area (Å²) in [6.07, 6.45) is 1.04. The van der Waals surface area contributed by atoms with Gasteiger partial charge in [-0.2, -0.15) is 0 Å². The van der Waals surface area contributed by atoms with E-state index >= 15 is 0 Å². The average molecular weight is 251 g/mol. The van der Waals surface area contributed by atoms with Gasteiger partial charge in [-0.3, -0.25) is 0 Å². The maximum atomic E-state index is 5.53. The maximum Gasteiger partial charge on any atom is 0.148 e. The van der Waals surface area contributed by atoms with Gasteiger partial charge in [0.25, 0.3) is 0 Å². The molecule has 0 saturated carbocycles. The molecule has 1 heterocycles. The molecule has 0 saturated heterocycles. The van der Waals surface area contributed by atoms with Crippen LogP contribution in [0, 0.1) is 6.92 Å². The molecule has 0 aliphatic heterocycles. The molecule has 1 aromatic rings. The predicted molar refractivity (Wildman–Crippen MR) is 76.7 cm³/mol. The Morgan fingerprint density at radius 3 is 2.22 bits per heavy atom. The minimum absolute atomic E-state index is 0.106. The van der Waals surface area contributed by atoms with Gasteiger partial charge in [-0.15, -0.1) is 0 Å². The lowest BCUT2D eigenvalue weighted by atomic mass is 9.95. The highest BCUT2D eigenvalue weighted by Gasteiger charge is 2.21. The third-order valence-corrected chi connectivity index (χ3v) is 2.95. The number of hydrogen-bond acceptors (Lipinski definition) is 5. The summed E-state index contributed by atoms with van der Waals surface area (Å²) >= 11 is 0. The van der Waals surface area contributed by atoms with Gasteiger partial charge in [0.05, 0.1) is 0 Å². The second-order valence-corrected chi connectivity index (χ2v) is 5.72. The second-order valence-electron chi connectivity index (χ2n) is 5.72. The molecule has 0 fully saturated rings. The molecule has 5 heteroatoms. The standard InChI is InChI=1S/C13H25N5/c1-7-8(2)15-10-9(3)11(18-14)17-12(16-10)13(4,5)6/h8H,7,14H2,1-6H3,(H2,15,16,17,18). The fourth-order valence-electron chi connectivity index (χ4n) is 1.47. The summed E-state index contributed by atoms with van der Waals surface area (Å²) in [5.41, 5.74) is 3.49. The van der Waals surface area contributed by atoms with Gasteiger partial charge in [0.1, 0.15) is 17.5 Å². The number of aromatic nitrogens is 2. The molecule has 0 bridgehead atoms. The number of anilines is 2. The molecule has 0 aromatic carbocycles. The molecule has 5 nitrogen and oxygen atoms in total. The van der Waals surface area contributed by atoms with Gasteiger partial charge in [-0.25, -0.2) is 15.8 Å². The van der Waals surface area contributed by atoms with E-state index in [-0.39, 0.29) is 5.41 Å². The molecule has 1 unspecified atom stereocenters. The van der Waals surface area contributed by atoms with E-state index in [4.69, 9.17) is 5.84 Å². The molecule has 0 spiro atoms. The van der Waals surface area contributed by atoms with E-state index in [9.17, 15) is 0 Å². The van der Waals surface area contributed by atoms with Crippen LogP contribution in [0.1, 0.15) is 52.4 Å². The van der Waals surface area contributed by atoms with Gasteiger partial charge in [-0.1, -0.05) is 27.7 Å². The zero-order valence-electron chi connectivity index (χ0n) is 12.3. The number of nitrogens with two attached hydrogens (primary N) is 1. The minimum Gasteiger partial charge on any atom is -0.367 e. The third kappa shape index (κ3) is 3.32. The van der Waals surface area contributed by atoms with Crippen molar-refractivity contribution in [3.05, 3.63) is 11.4 Å². The molecule has 18 heavy (non-hydrogen) atoms. The van der Waals surface area contributed by atoms with Crippen LogP contribution in [-0.2, 0) is 5.41 Å². The summed E-state index contributed by atoms with van der Waals surface area (Å²) in [5, 5.41) is 3.40. The Morgan fingerprint density at radius 2 is 1.78 bits per heavy atom. The quantitative estimate of drug-likeness (QED) is 0.566. The van der Waals surface area contributed by atoms with Crippen molar-refractivity contribution in [2.45, 2.75) is 59.4 Å². The lowest BCUT2D eigenvalue weighted by molar-refractivity contribution is 0.545. The largest absolute Gasteiger partial charge is 0.367 e. The first-order valence-corrected chi connectivity index (χ1v) is 6.41. The summed E-state index contributed by atoms with van der Waals surface area (Å²) in [6.45, 7) is 12.5. The zero-order valence-corrected chi connectivity index (χ0v) is 12.3. The zero-order chi connectivity index (χ0) is 13.9. The normalized spacial score (nSPS) is 13.3. The summed E-state index contributed by atoms with van der Waals surface area (Å²) < 4.78 is 0. The third-order valence-electron chi connectivity index (χ3n) is 2.95. The van der Waals surface area contributed by atoms with Crippen LogP contribution in [0.4, 0.5) is 11.6 Å². The van der Waals surface area contributed by atoms with Crippen molar-refractivity contribution < 1.29 is 0 Å². The number of rotatable bonds is 4. The Bertz CT molecular complexity index is 409. The van der Waals surface area contributed by atoms with Crippen LogP contribution in [0.15, 0.2) is 0 Å². The molecular formula is C13H25N5. The summed E-state index contributed by atoms with van der Waals surface area (Å²) in [6, 6.07) is 0.372. The molecule has 1 aromatic heterocycles. The first kappa shape index (κ1) is 14.7. The predicted octanol–water partition coefficient (Wildman–Crippen LogP) is 2.58. The number of nitrogen functional groups attached to an aromatic ring is 1. The van der Waals surface area contributed by atoms with Gasteiger partial charge in [0, 0.05) is 17.0 Å². The Morgan fingerprint density at radius 1 is 1.22 bits per heavy atom. The van der Waals surface area contributed by atoms with Crippen molar-refractivity contribution in [3.8, 4) is 0 Å². The van der Waals surface area contributed by atoms with Crippen molar-refractivity contribution in [2.24, 2.45) is 5.84 Å². The molecule has 0 aliphatic carbocycles. The van der Waals surface area contributed by atoms with E-state index in [1.54, 1.807) is 0 Å². The molecule has 0 aliphatic rings. The lowest BCUT2D eigenvalue weighted by Gasteiger charge is -2.22. The Hall–Kier alpha value is -1.36. The monoisotopic (exact) mass is 251 g/mol. The molecule has 1 atom stereocenters. The molecule has 1 rings (SSSR count). The molecule has 0 amide bonds. The van der Waals surface area contributed by atoms with Crippen LogP contribution < -0.4 is 16.6 Å². The van der Waals surface area contributed by atoms with E-state index in [0.717, 1.165) is 23.6 Å². The van der Waals surface area contributed by atoms with Crippen LogP contribution in [-0.4, -0.2) is 16.0 Å². The van der Waals surface area contributed by atoms with Gasteiger partial charge in [0.15, 0.2) is 0 Å². The molecule has 0 radical (unpaired) electrons. The van der Waals surface area contributed by atoms with Crippen LogP contribution >= 0.6 is 0 Å². The Balaban J connectivity index is 3.23. The van der Waals surface area contributed by atoms with Gasteiger partial charge in [0.2, 0.25) is 0 Å². The van der Waals surface area contributed by atoms with Crippen LogP contribution in [0.5, 0.6) is 0 Å². The fraction of sp³-hybridized carbons (Fsp3) is 0.692. The summed E-state index contributed by atoms with van der Waals surface area (Å²) in [7, 11) is 0. The highest BCUT2D eigenvalue weighted by Crippen LogP contribution is 2.26. The maximum absolute atomic E-state index is 5.53. The van der Waals surface area contributed by atoms with Crippen LogP contribution in [0.3, 0.4) is 0 Å². The first-order valence-electron chi connectivity index (χ1n) is 6.41.